The lowest BCUT2D eigenvalue weighted by atomic mass is 10.1. The van der Waals surface area contributed by atoms with E-state index in [0.717, 1.165) is 12.1 Å². The fourth-order valence-corrected chi connectivity index (χ4v) is 3.66. The van der Waals surface area contributed by atoms with E-state index in [1.165, 1.54) is 32.4 Å². The standard InChI is InChI=1S/C24H34N4O3/c1-3-30-21-9-5-6-10-22(21)31-23-12-11-20(16-25-23)17-27-24(29)26-15-19(2)18-28-13-7-4-8-14-28/h5-6,9-12,16,19H,3-4,7-8,13-15,17-18H2,1-2H3,(H2,26,27,29). The molecule has 7 nitrogen and oxygen atoms in total. The van der Waals surface area contributed by atoms with Crippen molar-refractivity contribution in [3.05, 3.63) is 48.2 Å². The predicted molar refractivity (Wildman–Crippen MR) is 122 cm³/mol. The largest absolute Gasteiger partial charge is 0.490 e. The van der Waals surface area contributed by atoms with Crippen molar-refractivity contribution in [2.24, 2.45) is 5.92 Å². The first-order valence-electron chi connectivity index (χ1n) is 11.2. The number of benzene rings is 1. The molecule has 1 aromatic carbocycles. The Morgan fingerprint density at radius 1 is 1.10 bits per heavy atom. The number of hydrogen-bond donors (Lipinski definition) is 2. The van der Waals surface area contributed by atoms with Gasteiger partial charge in [-0.2, -0.15) is 0 Å². The second kappa shape index (κ2) is 12.2. The Labute approximate surface area is 185 Å². The van der Waals surface area contributed by atoms with Crippen molar-refractivity contribution >= 4 is 6.03 Å². The van der Waals surface area contributed by atoms with Gasteiger partial charge in [-0.05, 0) is 56.5 Å². The van der Waals surface area contributed by atoms with Gasteiger partial charge in [0.05, 0.1) is 6.61 Å². The van der Waals surface area contributed by atoms with Crippen molar-refractivity contribution in [2.75, 3.05) is 32.8 Å². The van der Waals surface area contributed by atoms with Crippen LogP contribution in [0, 0.1) is 5.92 Å². The van der Waals surface area contributed by atoms with Crippen LogP contribution < -0.4 is 20.1 Å². The highest BCUT2D eigenvalue weighted by atomic mass is 16.5. The smallest absolute Gasteiger partial charge is 0.315 e. The number of aromatic nitrogens is 1. The molecule has 1 aliphatic rings. The summed E-state index contributed by atoms with van der Waals surface area (Å²) in [6, 6.07) is 11.0. The van der Waals surface area contributed by atoms with Crippen molar-refractivity contribution < 1.29 is 14.3 Å². The third kappa shape index (κ3) is 7.75. The number of urea groups is 1. The third-order valence-electron chi connectivity index (χ3n) is 5.24. The molecule has 3 rings (SSSR count). The highest BCUT2D eigenvalue weighted by Gasteiger charge is 2.14. The number of amides is 2. The molecule has 168 valence electrons. The number of carbonyl (C=O) groups excluding carboxylic acids is 1. The van der Waals surface area contributed by atoms with Gasteiger partial charge in [0.1, 0.15) is 0 Å². The first kappa shape index (κ1) is 22.9. The van der Waals surface area contributed by atoms with Gasteiger partial charge in [-0.25, -0.2) is 9.78 Å². The van der Waals surface area contributed by atoms with Gasteiger partial charge in [-0.15, -0.1) is 0 Å². The van der Waals surface area contributed by atoms with Crippen LogP contribution in [0.4, 0.5) is 4.79 Å². The highest BCUT2D eigenvalue weighted by molar-refractivity contribution is 5.73. The average Bonchev–Trinajstić information content (AvgIpc) is 2.79. The van der Waals surface area contributed by atoms with Crippen molar-refractivity contribution in [1.82, 2.24) is 20.5 Å². The maximum atomic E-state index is 12.1. The van der Waals surface area contributed by atoms with E-state index < -0.39 is 0 Å². The van der Waals surface area contributed by atoms with Gasteiger partial charge in [-0.3, -0.25) is 0 Å². The lowest BCUT2D eigenvalue weighted by Crippen LogP contribution is -2.41. The van der Waals surface area contributed by atoms with Crippen LogP contribution >= 0.6 is 0 Å². The Bertz CT molecular complexity index is 807. The topological polar surface area (TPSA) is 75.7 Å². The first-order valence-corrected chi connectivity index (χ1v) is 11.2. The van der Waals surface area contributed by atoms with Gasteiger partial charge in [0.25, 0.3) is 0 Å². The van der Waals surface area contributed by atoms with Crippen molar-refractivity contribution in [1.29, 1.82) is 0 Å². The van der Waals surface area contributed by atoms with Gasteiger partial charge in [-0.1, -0.05) is 31.5 Å². The fourth-order valence-electron chi connectivity index (χ4n) is 3.66. The van der Waals surface area contributed by atoms with E-state index in [4.69, 9.17) is 9.47 Å². The van der Waals surface area contributed by atoms with Crippen LogP contribution in [0.25, 0.3) is 0 Å². The molecule has 0 saturated carbocycles. The number of piperidine rings is 1. The average molecular weight is 427 g/mol. The van der Waals surface area contributed by atoms with E-state index in [0.29, 0.717) is 43.0 Å². The molecule has 1 atom stereocenters. The zero-order valence-corrected chi connectivity index (χ0v) is 18.6. The summed E-state index contributed by atoms with van der Waals surface area (Å²) in [6.45, 7) is 9.17. The second-order valence-corrected chi connectivity index (χ2v) is 8.02. The molecule has 0 radical (unpaired) electrons. The number of likely N-dealkylation sites (tertiary alicyclic amines) is 1. The molecule has 1 aromatic heterocycles. The number of para-hydroxylation sites is 2. The molecule has 7 heteroatoms. The van der Waals surface area contributed by atoms with Gasteiger partial charge in [0.2, 0.25) is 5.88 Å². The summed E-state index contributed by atoms with van der Waals surface area (Å²) in [6.07, 6.45) is 5.63. The van der Waals surface area contributed by atoms with E-state index in [1.807, 2.05) is 37.3 Å². The lowest BCUT2D eigenvalue weighted by molar-refractivity contribution is 0.197. The molecule has 2 aromatic rings. The number of hydrogen-bond acceptors (Lipinski definition) is 5. The highest BCUT2D eigenvalue weighted by Crippen LogP contribution is 2.30. The Morgan fingerprint density at radius 2 is 1.87 bits per heavy atom. The van der Waals surface area contributed by atoms with Gasteiger partial charge in [0.15, 0.2) is 11.5 Å². The van der Waals surface area contributed by atoms with Gasteiger partial charge >= 0.3 is 6.03 Å². The Hall–Kier alpha value is -2.80. The van der Waals surface area contributed by atoms with Crippen molar-refractivity contribution in [3.8, 4) is 17.4 Å². The maximum Gasteiger partial charge on any atom is 0.315 e. The third-order valence-corrected chi connectivity index (χ3v) is 5.24. The Balaban J connectivity index is 1.39. The minimum atomic E-state index is -0.156. The van der Waals surface area contributed by atoms with Crippen molar-refractivity contribution in [2.45, 2.75) is 39.7 Å². The van der Waals surface area contributed by atoms with Crippen molar-refractivity contribution in [3.63, 3.8) is 0 Å². The summed E-state index contributed by atoms with van der Waals surface area (Å²) in [5, 5.41) is 5.86. The van der Waals surface area contributed by atoms with E-state index in [1.54, 1.807) is 12.3 Å². The molecule has 1 fully saturated rings. The predicted octanol–water partition coefficient (Wildman–Crippen LogP) is 4.19. The van der Waals surface area contributed by atoms with Crippen LogP contribution in [0.3, 0.4) is 0 Å². The second-order valence-electron chi connectivity index (χ2n) is 8.02. The minimum Gasteiger partial charge on any atom is -0.490 e. The summed E-state index contributed by atoms with van der Waals surface area (Å²) in [5.41, 5.74) is 0.905. The maximum absolute atomic E-state index is 12.1. The molecule has 2 heterocycles. The van der Waals surface area contributed by atoms with Crippen LogP contribution in [0.2, 0.25) is 0 Å². The van der Waals surface area contributed by atoms with Crippen LogP contribution in [-0.2, 0) is 6.54 Å². The molecule has 0 bridgehead atoms. The molecule has 1 unspecified atom stereocenters. The van der Waals surface area contributed by atoms with E-state index in [2.05, 4.69) is 27.4 Å². The molecule has 1 saturated heterocycles. The fraction of sp³-hybridized carbons (Fsp3) is 0.500. The van der Waals surface area contributed by atoms with Gasteiger partial charge < -0.3 is 25.0 Å². The number of rotatable bonds is 10. The molecule has 1 aliphatic heterocycles. The molecular weight excluding hydrogens is 392 g/mol. The molecular formula is C24H34N4O3. The summed E-state index contributed by atoms with van der Waals surface area (Å²) in [5.74, 6) is 2.22. The van der Waals surface area contributed by atoms with Crippen LogP contribution in [0.5, 0.6) is 17.4 Å². The number of pyridine rings is 1. The summed E-state index contributed by atoms with van der Waals surface area (Å²) >= 11 is 0. The van der Waals surface area contributed by atoms with E-state index in [-0.39, 0.29) is 6.03 Å². The van der Waals surface area contributed by atoms with E-state index >= 15 is 0 Å². The summed E-state index contributed by atoms with van der Waals surface area (Å²) in [4.78, 5) is 19.0. The Kier molecular flexibility index (Phi) is 8.97. The Morgan fingerprint density at radius 3 is 2.58 bits per heavy atom. The minimum absolute atomic E-state index is 0.156. The number of nitrogens with one attached hydrogen (secondary N) is 2. The quantitative estimate of drug-likeness (QED) is 0.596. The van der Waals surface area contributed by atoms with Gasteiger partial charge in [0, 0.05) is 31.9 Å². The van der Waals surface area contributed by atoms with Crippen LogP contribution in [0.1, 0.15) is 38.7 Å². The zero-order valence-electron chi connectivity index (χ0n) is 18.6. The van der Waals surface area contributed by atoms with Crippen LogP contribution in [0.15, 0.2) is 42.6 Å². The molecule has 2 N–H and O–H groups in total. The normalized spacial score (nSPS) is 15.2. The molecule has 0 spiro atoms. The van der Waals surface area contributed by atoms with Crippen LogP contribution in [-0.4, -0.2) is 48.7 Å². The molecule has 31 heavy (non-hydrogen) atoms. The number of ether oxygens (including phenoxy) is 2. The first-order chi connectivity index (χ1) is 15.1. The molecule has 0 aliphatic carbocycles. The summed E-state index contributed by atoms with van der Waals surface area (Å²) in [7, 11) is 0. The lowest BCUT2D eigenvalue weighted by Gasteiger charge is -2.29. The zero-order chi connectivity index (χ0) is 21.9. The van der Waals surface area contributed by atoms with E-state index in [9.17, 15) is 4.79 Å². The number of nitrogens with zero attached hydrogens (tertiary/aromatic N) is 2. The summed E-state index contributed by atoms with van der Waals surface area (Å²) < 4.78 is 11.4. The number of carbonyl (C=O) groups is 1. The SMILES string of the molecule is CCOc1ccccc1Oc1ccc(CNC(=O)NCC(C)CN2CCCCC2)cn1. The molecule has 2 amide bonds. The monoisotopic (exact) mass is 426 g/mol.